The maximum atomic E-state index is 10.6. The number of benzene rings is 1. The number of carbonyl (C=O) groups is 1. The van der Waals surface area contributed by atoms with Crippen LogP contribution in [0.25, 0.3) is 0 Å². The van der Waals surface area contributed by atoms with E-state index in [0.717, 1.165) is 11.5 Å². The number of carboxylic acid groups (broad SMARTS) is 1. The van der Waals surface area contributed by atoms with E-state index in [2.05, 4.69) is 0 Å². The first-order valence-corrected chi connectivity index (χ1v) is 5.55. The fourth-order valence-electron chi connectivity index (χ4n) is 1.43. The molecule has 1 N–H and O–H groups in total. The molecule has 1 rings (SSSR count). The first-order valence-electron chi connectivity index (χ1n) is 5.55. The SMILES string of the molecule is COc1ccc(OC(C)C(C)CC(=O)O)cc1. The summed E-state index contributed by atoms with van der Waals surface area (Å²) in [5, 5.41) is 8.70. The van der Waals surface area contributed by atoms with Crippen molar-refractivity contribution in [3.8, 4) is 11.5 Å². The van der Waals surface area contributed by atoms with Gasteiger partial charge in [0.15, 0.2) is 0 Å². The minimum atomic E-state index is -0.803. The van der Waals surface area contributed by atoms with Gasteiger partial charge < -0.3 is 14.6 Å². The first-order chi connectivity index (χ1) is 8.02. The molecule has 0 aliphatic rings. The van der Waals surface area contributed by atoms with Crippen LogP contribution in [0.2, 0.25) is 0 Å². The normalized spacial score (nSPS) is 13.8. The highest BCUT2D eigenvalue weighted by Crippen LogP contribution is 2.21. The summed E-state index contributed by atoms with van der Waals surface area (Å²) >= 11 is 0. The summed E-state index contributed by atoms with van der Waals surface area (Å²) in [7, 11) is 1.60. The lowest BCUT2D eigenvalue weighted by atomic mass is 10.0. The molecule has 17 heavy (non-hydrogen) atoms. The minimum Gasteiger partial charge on any atom is -0.497 e. The Morgan fingerprint density at radius 2 is 1.76 bits per heavy atom. The van der Waals surface area contributed by atoms with Crippen LogP contribution in [-0.2, 0) is 4.79 Å². The average molecular weight is 238 g/mol. The zero-order chi connectivity index (χ0) is 12.8. The number of hydrogen-bond acceptors (Lipinski definition) is 3. The number of hydrogen-bond donors (Lipinski definition) is 1. The predicted molar refractivity (Wildman–Crippen MR) is 64.5 cm³/mol. The Balaban J connectivity index is 2.54. The maximum absolute atomic E-state index is 10.6. The van der Waals surface area contributed by atoms with E-state index in [9.17, 15) is 4.79 Å². The molecule has 0 aliphatic heterocycles. The second-order valence-corrected chi connectivity index (χ2v) is 4.07. The maximum Gasteiger partial charge on any atom is 0.303 e. The molecule has 0 saturated carbocycles. The van der Waals surface area contributed by atoms with E-state index in [1.807, 2.05) is 38.1 Å². The molecule has 0 amide bonds. The van der Waals surface area contributed by atoms with Crippen LogP contribution < -0.4 is 9.47 Å². The number of rotatable bonds is 6. The van der Waals surface area contributed by atoms with E-state index in [1.54, 1.807) is 7.11 Å². The van der Waals surface area contributed by atoms with Crippen LogP contribution in [0, 0.1) is 5.92 Å². The second kappa shape index (κ2) is 6.13. The molecule has 0 saturated heterocycles. The van der Waals surface area contributed by atoms with Gasteiger partial charge in [0.2, 0.25) is 0 Å². The lowest BCUT2D eigenvalue weighted by Crippen LogP contribution is -2.23. The van der Waals surface area contributed by atoms with Crippen LogP contribution in [0.3, 0.4) is 0 Å². The summed E-state index contributed by atoms with van der Waals surface area (Å²) in [6.07, 6.45) is -0.0309. The highest BCUT2D eigenvalue weighted by atomic mass is 16.5. The Bertz CT molecular complexity index is 358. The Labute approximate surface area is 101 Å². The molecule has 0 fully saturated rings. The third-order valence-corrected chi connectivity index (χ3v) is 2.68. The van der Waals surface area contributed by atoms with Crippen molar-refractivity contribution >= 4 is 5.97 Å². The van der Waals surface area contributed by atoms with Crippen LogP contribution in [0.4, 0.5) is 0 Å². The van der Waals surface area contributed by atoms with Gasteiger partial charge in [-0.05, 0) is 31.2 Å². The minimum absolute atomic E-state index is 0.0328. The van der Waals surface area contributed by atoms with Crippen molar-refractivity contribution in [1.29, 1.82) is 0 Å². The van der Waals surface area contributed by atoms with Crippen LogP contribution >= 0.6 is 0 Å². The Morgan fingerprint density at radius 1 is 1.24 bits per heavy atom. The zero-order valence-electron chi connectivity index (χ0n) is 10.3. The van der Waals surface area contributed by atoms with E-state index in [4.69, 9.17) is 14.6 Å². The second-order valence-electron chi connectivity index (χ2n) is 4.07. The van der Waals surface area contributed by atoms with E-state index in [0.29, 0.717) is 0 Å². The van der Waals surface area contributed by atoms with Crippen molar-refractivity contribution in [2.24, 2.45) is 5.92 Å². The summed E-state index contributed by atoms with van der Waals surface area (Å²) in [4.78, 5) is 10.6. The van der Waals surface area contributed by atoms with E-state index >= 15 is 0 Å². The quantitative estimate of drug-likeness (QED) is 0.827. The van der Waals surface area contributed by atoms with Crippen molar-refractivity contribution in [2.75, 3.05) is 7.11 Å². The van der Waals surface area contributed by atoms with Crippen molar-refractivity contribution < 1.29 is 19.4 Å². The average Bonchev–Trinajstić information content (AvgIpc) is 2.29. The summed E-state index contributed by atoms with van der Waals surface area (Å²) in [5.74, 6) is 0.649. The van der Waals surface area contributed by atoms with Gasteiger partial charge in [0.25, 0.3) is 0 Å². The Kier molecular flexibility index (Phi) is 4.82. The fraction of sp³-hybridized carbons (Fsp3) is 0.462. The molecule has 2 atom stereocenters. The topological polar surface area (TPSA) is 55.8 Å². The van der Waals surface area contributed by atoms with Crippen molar-refractivity contribution in [2.45, 2.75) is 26.4 Å². The number of ether oxygens (including phenoxy) is 2. The van der Waals surface area contributed by atoms with Gasteiger partial charge in [0, 0.05) is 5.92 Å². The van der Waals surface area contributed by atoms with Gasteiger partial charge in [0.05, 0.1) is 19.6 Å². The molecular weight excluding hydrogens is 220 g/mol. The summed E-state index contributed by atoms with van der Waals surface area (Å²) < 4.78 is 10.7. The number of methoxy groups -OCH3 is 1. The van der Waals surface area contributed by atoms with Crippen molar-refractivity contribution in [3.63, 3.8) is 0 Å². The van der Waals surface area contributed by atoms with Crippen LogP contribution in [0.5, 0.6) is 11.5 Å². The zero-order valence-corrected chi connectivity index (χ0v) is 10.3. The molecule has 0 aliphatic carbocycles. The standard InChI is InChI=1S/C13H18O4/c1-9(8-13(14)15)10(2)17-12-6-4-11(16-3)5-7-12/h4-7,9-10H,8H2,1-3H3,(H,14,15). The van der Waals surface area contributed by atoms with Gasteiger partial charge in [-0.15, -0.1) is 0 Å². The highest BCUT2D eigenvalue weighted by Gasteiger charge is 2.17. The van der Waals surface area contributed by atoms with Gasteiger partial charge in [-0.3, -0.25) is 4.79 Å². The lowest BCUT2D eigenvalue weighted by Gasteiger charge is -2.20. The van der Waals surface area contributed by atoms with Crippen molar-refractivity contribution in [1.82, 2.24) is 0 Å². The molecule has 94 valence electrons. The van der Waals surface area contributed by atoms with Crippen molar-refractivity contribution in [3.05, 3.63) is 24.3 Å². The molecule has 1 aromatic carbocycles. The summed E-state index contributed by atoms with van der Waals surface area (Å²) in [5.41, 5.74) is 0. The van der Waals surface area contributed by atoms with Gasteiger partial charge in [0.1, 0.15) is 11.5 Å². The van der Waals surface area contributed by atoms with Gasteiger partial charge >= 0.3 is 5.97 Å². The van der Waals surface area contributed by atoms with Gasteiger partial charge in [-0.25, -0.2) is 0 Å². The molecule has 0 aromatic heterocycles. The summed E-state index contributed by atoms with van der Waals surface area (Å²) in [6.45, 7) is 3.74. The molecule has 0 spiro atoms. The predicted octanol–water partition coefficient (Wildman–Crippen LogP) is 2.57. The molecule has 4 nitrogen and oxygen atoms in total. The van der Waals surface area contributed by atoms with E-state index in [1.165, 1.54) is 0 Å². The third kappa shape index (κ3) is 4.34. The Morgan fingerprint density at radius 3 is 2.24 bits per heavy atom. The summed E-state index contributed by atoms with van der Waals surface area (Å²) in [6, 6.07) is 7.24. The number of aliphatic carboxylic acids is 1. The number of carboxylic acids is 1. The van der Waals surface area contributed by atoms with Gasteiger partial charge in [-0.2, -0.15) is 0 Å². The van der Waals surface area contributed by atoms with Gasteiger partial charge in [-0.1, -0.05) is 6.92 Å². The first kappa shape index (κ1) is 13.4. The van der Waals surface area contributed by atoms with Crippen LogP contribution in [-0.4, -0.2) is 24.3 Å². The monoisotopic (exact) mass is 238 g/mol. The largest absolute Gasteiger partial charge is 0.497 e. The highest BCUT2D eigenvalue weighted by molar-refractivity contribution is 5.67. The molecule has 0 heterocycles. The molecule has 4 heteroatoms. The third-order valence-electron chi connectivity index (χ3n) is 2.68. The van der Waals surface area contributed by atoms with E-state index < -0.39 is 5.97 Å². The molecule has 2 unspecified atom stereocenters. The molecule has 0 radical (unpaired) electrons. The smallest absolute Gasteiger partial charge is 0.303 e. The molecule has 1 aromatic rings. The van der Waals surface area contributed by atoms with E-state index in [-0.39, 0.29) is 18.4 Å². The van der Waals surface area contributed by atoms with Crippen LogP contribution in [0.15, 0.2) is 24.3 Å². The lowest BCUT2D eigenvalue weighted by molar-refractivity contribution is -0.138. The van der Waals surface area contributed by atoms with Crippen LogP contribution in [0.1, 0.15) is 20.3 Å². The fourth-order valence-corrected chi connectivity index (χ4v) is 1.43. The Hall–Kier alpha value is -1.71. The molecule has 0 bridgehead atoms. The molecular formula is C13H18O4.